The molecule has 2 rings (SSSR count). The Balaban J connectivity index is 2.21. The molecule has 0 radical (unpaired) electrons. The van der Waals surface area contributed by atoms with Crippen molar-refractivity contribution in [2.75, 3.05) is 7.11 Å². The highest BCUT2D eigenvalue weighted by atomic mass is 79.9. The molecule has 21 heavy (non-hydrogen) atoms. The van der Waals surface area contributed by atoms with Crippen LogP contribution in [0.5, 0.6) is 5.75 Å². The van der Waals surface area contributed by atoms with E-state index in [0.29, 0.717) is 11.3 Å². The van der Waals surface area contributed by atoms with Crippen LogP contribution in [-0.4, -0.2) is 13.0 Å². The molecule has 0 spiro atoms. The van der Waals surface area contributed by atoms with Crippen LogP contribution in [0.25, 0.3) is 0 Å². The first-order valence-corrected chi connectivity index (χ1v) is 7.98. The second kappa shape index (κ2) is 7.49. The Morgan fingerprint density at radius 3 is 2.81 bits per heavy atom. The molecule has 0 aliphatic carbocycles. The predicted octanol–water partition coefficient (Wildman–Crippen LogP) is 3.35. The second-order valence-electron chi connectivity index (χ2n) is 4.21. The highest BCUT2D eigenvalue weighted by Gasteiger charge is 2.11. The Morgan fingerprint density at radius 1 is 1.33 bits per heavy atom. The monoisotopic (exact) mass is 366 g/mol. The number of hydrogen-bond acceptors (Lipinski definition) is 4. The van der Waals surface area contributed by atoms with Gasteiger partial charge >= 0.3 is 0 Å². The van der Waals surface area contributed by atoms with Crippen molar-refractivity contribution in [2.45, 2.75) is 10.6 Å². The van der Waals surface area contributed by atoms with Crippen molar-refractivity contribution in [1.82, 2.24) is 5.43 Å². The lowest BCUT2D eigenvalue weighted by atomic mass is 10.2. The Kier molecular flexibility index (Phi) is 5.67. The molecule has 110 valence electrons. The molecule has 0 aliphatic heterocycles. The van der Waals surface area contributed by atoms with Crippen LogP contribution in [0.3, 0.4) is 0 Å². The van der Waals surface area contributed by atoms with Crippen molar-refractivity contribution in [1.29, 1.82) is 0 Å². The number of methoxy groups -OCH3 is 1. The summed E-state index contributed by atoms with van der Waals surface area (Å²) in [4.78, 5) is 12.6. The standard InChI is InChI=1S/C15H15BrN2O2S/c1-20-13-7-6-11(16)8-10(13)9-21-14-5-3-2-4-12(14)15(19)18-17/h2-8H,9,17H2,1H3,(H,18,19). The molecule has 0 fully saturated rings. The second-order valence-corrected chi connectivity index (χ2v) is 6.15. The smallest absolute Gasteiger partial charge is 0.266 e. The summed E-state index contributed by atoms with van der Waals surface area (Å²) in [6.07, 6.45) is 0. The third-order valence-corrected chi connectivity index (χ3v) is 4.50. The summed E-state index contributed by atoms with van der Waals surface area (Å²) in [6.45, 7) is 0. The summed E-state index contributed by atoms with van der Waals surface area (Å²) >= 11 is 5.02. The van der Waals surface area contributed by atoms with Crippen LogP contribution >= 0.6 is 27.7 Å². The number of thioether (sulfide) groups is 1. The van der Waals surface area contributed by atoms with Gasteiger partial charge in [-0.15, -0.1) is 11.8 Å². The number of carbonyl (C=O) groups excluding carboxylic acids is 1. The van der Waals surface area contributed by atoms with Gasteiger partial charge in [-0.3, -0.25) is 10.2 Å². The molecule has 4 nitrogen and oxygen atoms in total. The molecule has 0 aromatic heterocycles. The minimum Gasteiger partial charge on any atom is -0.496 e. The van der Waals surface area contributed by atoms with Crippen LogP contribution in [0.1, 0.15) is 15.9 Å². The first kappa shape index (κ1) is 15.9. The maximum atomic E-state index is 11.7. The lowest BCUT2D eigenvalue weighted by molar-refractivity contribution is 0.0950. The number of hydrogen-bond donors (Lipinski definition) is 2. The highest BCUT2D eigenvalue weighted by molar-refractivity contribution is 9.10. The number of amides is 1. The Morgan fingerprint density at radius 2 is 2.10 bits per heavy atom. The van der Waals surface area contributed by atoms with Gasteiger partial charge in [0.15, 0.2) is 0 Å². The quantitative estimate of drug-likeness (QED) is 0.368. The topological polar surface area (TPSA) is 64.3 Å². The fourth-order valence-electron chi connectivity index (χ4n) is 1.87. The van der Waals surface area contributed by atoms with Gasteiger partial charge in [0.1, 0.15) is 5.75 Å². The summed E-state index contributed by atoms with van der Waals surface area (Å²) in [5.41, 5.74) is 3.79. The van der Waals surface area contributed by atoms with Crippen molar-refractivity contribution in [3.8, 4) is 5.75 Å². The lowest BCUT2D eigenvalue weighted by Crippen LogP contribution is -2.30. The van der Waals surface area contributed by atoms with Crippen molar-refractivity contribution >= 4 is 33.6 Å². The Hall–Kier alpha value is -1.50. The zero-order chi connectivity index (χ0) is 15.2. The number of nitrogens with two attached hydrogens (primary N) is 1. The van der Waals surface area contributed by atoms with Gasteiger partial charge in [-0.05, 0) is 30.3 Å². The van der Waals surface area contributed by atoms with Gasteiger partial charge in [0.05, 0.1) is 12.7 Å². The van der Waals surface area contributed by atoms with Gasteiger partial charge in [0, 0.05) is 20.7 Å². The minimum atomic E-state index is -0.292. The molecule has 0 aliphatic rings. The van der Waals surface area contributed by atoms with Crippen molar-refractivity contribution in [3.05, 3.63) is 58.1 Å². The number of hydrazine groups is 1. The molecule has 1 amide bonds. The summed E-state index contributed by atoms with van der Waals surface area (Å²) in [6, 6.07) is 13.2. The zero-order valence-electron chi connectivity index (χ0n) is 11.4. The van der Waals surface area contributed by atoms with E-state index in [4.69, 9.17) is 10.6 Å². The van der Waals surface area contributed by atoms with E-state index in [0.717, 1.165) is 20.7 Å². The van der Waals surface area contributed by atoms with Crippen LogP contribution in [-0.2, 0) is 5.75 Å². The van der Waals surface area contributed by atoms with Crippen LogP contribution in [0.15, 0.2) is 51.8 Å². The third-order valence-electron chi connectivity index (χ3n) is 2.89. The van der Waals surface area contributed by atoms with Crippen LogP contribution in [0.4, 0.5) is 0 Å². The molecule has 2 aromatic carbocycles. The minimum absolute atomic E-state index is 0.292. The van der Waals surface area contributed by atoms with Gasteiger partial charge in [-0.2, -0.15) is 0 Å². The normalized spacial score (nSPS) is 10.2. The summed E-state index contributed by atoms with van der Waals surface area (Å²) in [5, 5.41) is 0. The molecular formula is C15H15BrN2O2S. The summed E-state index contributed by atoms with van der Waals surface area (Å²) in [5.74, 6) is 6.44. The fourth-order valence-corrected chi connectivity index (χ4v) is 3.31. The van der Waals surface area contributed by atoms with E-state index in [1.54, 1.807) is 24.9 Å². The van der Waals surface area contributed by atoms with E-state index in [1.807, 2.05) is 36.4 Å². The molecule has 0 bridgehead atoms. The SMILES string of the molecule is COc1ccc(Br)cc1CSc1ccccc1C(=O)NN. The number of carbonyl (C=O) groups is 1. The van der Waals surface area contributed by atoms with Crippen molar-refractivity contribution < 1.29 is 9.53 Å². The summed E-state index contributed by atoms with van der Waals surface area (Å²) in [7, 11) is 1.65. The Labute approximate surface area is 136 Å². The maximum Gasteiger partial charge on any atom is 0.266 e. The molecule has 0 saturated heterocycles. The molecule has 2 aromatic rings. The molecule has 3 N–H and O–H groups in total. The van der Waals surface area contributed by atoms with Gasteiger partial charge < -0.3 is 4.74 Å². The number of nitrogen functional groups attached to an aromatic ring is 1. The van der Waals surface area contributed by atoms with E-state index in [1.165, 1.54) is 0 Å². The van der Waals surface area contributed by atoms with Gasteiger partial charge in [0.2, 0.25) is 0 Å². The lowest BCUT2D eigenvalue weighted by Gasteiger charge is -2.11. The molecule has 6 heteroatoms. The average molecular weight is 367 g/mol. The number of halogens is 1. The average Bonchev–Trinajstić information content (AvgIpc) is 2.52. The van der Waals surface area contributed by atoms with E-state index in [9.17, 15) is 4.79 Å². The molecule has 0 saturated carbocycles. The van der Waals surface area contributed by atoms with E-state index >= 15 is 0 Å². The first-order valence-electron chi connectivity index (χ1n) is 6.21. The van der Waals surface area contributed by atoms with Crippen molar-refractivity contribution in [2.24, 2.45) is 5.84 Å². The first-order chi connectivity index (χ1) is 10.2. The molecule has 0 unspecified atom stereocenters. The highest BCUT2D eigenvalue weighted by Crippen LogP contribution is 2.31. The third kappa shape index (κ3) is 4.00. The summed E-state index contributed by atoms with van der Waals surface area (Å²) < 4.78 is 6.35. The predicted molar refractivity (Wildman–Crippen MR) is 88.4 cm³/mol. The van der Waals surface area contributed by atoms with Crippen LogP contribution < -0.4 is 16.0 Å². The largest absolute Gasteiger partial charge is 0.496 e. The molecular weight excluding hydrogens is 352 g/mol. The number of rotatable bonds is 5. The fraction of sp³-hybridized carbons (Fsp3) is 0.133. The number of benzene rings is 2. The van der Waals surface area contributed by atoms with E-state index < -0.39 is 0 Å². The maximum absolute atomic E-state index is 11.7. The van der Waals surface area contributed by atoms with Gasteiger partial charge in [-0.25, -0.2) is 5.84 Å². The van der Waals surface area contributed by atoms with Gasteiger partial charge in [0.25, 0.3) is 5.91 Å². The van der Waals surface area contributed by atoms with E-state index in [-0.39, 0.29) is 5.91 Å². The zero-order valence-corrected chi connectivity index (χ0v) is 13.8. The number of ether oxygens (including phenoxy) is 1. The molecule has 0 atom stereocenters. The molecule has 0 heterocycles. The van der Waals surface area contributed by atoms with Crippen molar-refractivity contribution in [3.63, 3.8) is 0 Å². The van der Waals surface area contributed by atoms with Crippen LogP contribution in [0, 0.1) is 0 Å². The number of nitrogens with one attached hydrogen (secondary N) is 1. The Bertz CT molecular complexity index is 649. The van der Waals surface area contributed by atoms with E-state index in [2.05, 4.69) is 21.4 Å². The van der Waals surface area contributed by atoms with Crippen LogP contribution in [0.2, 0.25) is 0 Å². The van der Waals surface area contributed by atoms with Gasteiger partial charge in [-0.1, -0.05) is 28.1 Å².